The Bertz CT molecular complexity index is 1380. The molecular weight excluding hydrogens is 454 g/mol. The van der Waals surface area contributed by atoms with E-state index in [1.54, 1.807) is 48.5 Å². The molecule has 3 aromatic carbocycles. The number of aromatic amines is 1. The van der Waals surface area contributed by atoms with Gasteiger partial charge >= 0.3 is 0 Å². The van der Waals surface area contributed by atoms with Gasteiger partial charge in [-0.25, -0.2) is 13.4 Å². The molecule has 1 heterocycles. The van der Waals surface area contributed by atoms with E-state index in [9.17, 15) is 13.2 Å². The zero-order valence-corrected chi connectivity index (χ0v) is 17.7. The van der Waals surface area contributed by atoms with Crippen molar-refractivity contribution >= 4 is 42.7 Å². The van der Waals surface area contributed by atoms with E-state index in [0.717, 1.165) is 5.56 Å². The van der Waals surface area contributed by atoms with E-state index in [2.05, 4.69) is 30.6 Å². The van der Waals surface area contributed by atoms with Crippen LogP contribution in [0.4, 0.5) is 5.69 Å². The number of nitrogens with zero attached hydrogens (tertiary/aromatic N) is 1. The number of aryl methyl sites for hydroxylation is 1. The van der Waals surface area contributed by atoms with Gasteiger partial charge < -0.3 is 4.98 Å². The first kappa shape index (κ1) is 19.4. The summed E-state index contributed by atoms with van der Waals surface area (Å²) in [5.41, 5.74) is 2.54. The summed E-state index contributed by atoms with van der Waals surface area (Å²) in [6, 6.07) is 18.7. The number of nitrogens with one attached hydrogen (secondary N) is 2. The van der Waals surface area contributed by atoms with Gasteiger partial charge in [0.25, 0.3) is 15.6 Å². The third-order valence-electron chi connectivity index (χ3n) is 4.41. The van der Waals surface area contributed by atoms with Crippen LogP contribution >= 0.6 is 15.9 Å². The van der Waals surface area contributed by atoms with Gasteiger partial charge in [0.05, 0.1) is 21.6 Å². The SMILES string of the molecule is Cc1ccc(S(=O)(=O)Nc2ccc(Br)cc2-c2nc3ccccc3[nH]c2=O)cc1. The van der Waals surface area contributed by atoms with E-state index < -0.39 is 15.6 Å². The molecule has 4 aromatic rings. The summed E-state index contributed by atoms with van der Waals surface area (Å²) >= 11 is 3.38. The molecule has 146 valence electrons. The van der Waals surface area contributed by atoms with Crippen LogP contribution in [-0.2, 0) is 10.0 Å². The lowest BCUT2D eigenvalue weighted by Crippen LogP contribution is -2.16. The standard InChI is InChI=1S/C21H16BrN3O3S/c1-13-6-9-15(10-7-13)29(27,28)25-17-11-8-14(22)12-16(17)20-21(26)24-19-5-3-2-4-18(19)23-20/h2-12,25H,1H3,(H,24,26). The van der Waals surface area contributed by atoms with Crippen molar-refractivity contribution in [1.29, 1.82) is 0 Å². The molecule has 0 saturated heterocycles. The van der Waals surface area contributed by atoms with Crippen LogP contribution in [0.3, 0.4) is 0 Å². The van der Waals surface area contributed by atoms with Gasteiger partial charge in [0.1, 0.15) is 5.69 Å². The van der Waals surface area contributed by atoms with Crippen LogP contribution < -0.4 is 10.3 Å². The Morgan fingerprint density at radius 1 is 1.00 bits per heavy atom. The second-order valence-electron chi connectivity index (χ2n) is 6.54. The van der Waals surface area contributed by atoms with Gasteiger partial charge in [-0.2, -0.15) is 0 Å². The Balaban J connectivity index is 1.84. The van der Waals surface area contributed by atoms with Gasteiger partial charge in [-0.15, -0.1) is 0 Å². The van der Waals surface area contributed by atoms with Crippen LogP contribution in [0.15, 0.2) is 80.9 Å². The Morgan fingerprint density at radius 2 is 1.72 bits per heavy atom. The normalized spacial score (nSPS) is 11.5. The monoisotopic (exact) mass is 469 g/mol. The lowest BCUT2D eigenvalue weighted by atomic mass is 10.1. The van der Waals surface area contributed by atoms with Crippen molar-refractivity contribution in [1.82, 2.24) is 9.97 Å². The van der Waals surface area contributed by atoms with E-state index in [-0.39, 0.29) is 16.3 Å². The van der Waals surface area contributed by atoms with Gasteiger partial charge in [0, 0.05) is 10.0 Å². The number of H-pyrrole nitrogens is 1. The molecule has 6 nitrogen and oxygen atoms in total. The van der Waals surface area contributed by atoms with E-state index >= 15 is 0 Å². The number of anilines is 1. The third-order valence-corrected chi connectivity index (χ3v) is 6.29. The predicted octanol–water partition coefficient (Wildman–Crippen LogP) is 4.46. The number of aromatic nitrogens is 2. The summed E-state index contributed by atoms with van der Waals surface area (Å²) in [4.78, 5) is 20.1. The van der Waals surface area contributed by atoms with Gasteiger partial charge in [0.15, 0.2) is 0 Å². The highest BCUT2D eigenvalue weighted by molar-refractivity contribution is 9.10. The molecule has 4 rings (SSSR count). The zero-order valence-electron chi connectivity index (χ0n) is 15.3. The third kappa shape index (κ3) is 3.94. The zero-order chi connectivity index (χ0) is 20.6. The average Bonchev–Trinajstić information content (AvgIpc) is 2.69. The number of sulfonamides is 1. The molecule has 0 unspecified atom stereocenters. The minimum absolute atomic E-state index is 0.131. The molecule has 0 aliphatic carbocycles. The minimum Gasteiger partial charge on any atom is -0.319 e. The van der Waals surface area contributed by atoms with Crippen LogP contribution in [0.5, 0.6) is 0 Å². The molecule has 2 N–H and O–H groups in total. The fourth-order valence-corrected chi connectivity index (χ4v) is 4.38. The molecule has 8 heteroatoms. The van der Waals surface area contributed by atoms with Crippen molar-refractivity contribution in [2.75, 3.05) is 4.72 Å². The highest BCUT2D eigenvalue weighted by Gasteiger charge is 2.19. The molecule has 0 amide bonds. The molecule has 0 spiro atoms. The average molecular weight is 470 g/mol. The van der Waals surface area contributed by atoms with Crippen LogP contribution in [0, 0.1) is 6.92 Å². The van der Waals surface area contributed by atoms with Crippen molar-refractivity contribution in [3.63, 3.8) is 0 Å². The number of halogens is 1. The Hall–Kier alpha value is -2.97. The van der Waals surface area contributed by atoms with Crippen LogP contribution in [0.1, 0.15) is 5.56 Å². The van der Waals surface area contributed by atoms with Crippen molar-refractivity contribution in [2.24, 2.45) is 0 Å². The van der Waals surface area contributed by atoms with Crippen molar-refractivity contribution in [3.8, 4) is 11.3 Å². The van der Waals surface area contributed by atoms with Gasteiger partial charge in [-0.05, 0) is 49.4 Å². The fourth-order valence-electron chi connectivity index (χ4n) is 2.93. The van der Waals surface area contributed by atoms with Crippen molar-refractivity contribution in [2.45, 2.75) is 11.8 Å². The van der Waals surface area contributed by atoms with Crippen LogP contribution in [-0.4, -0.2) is 18.4 Å². The van der Waals surface area contributed by atoms with Crippen LogP contribution in [0.25, 0.3) is 22.3 Å². The number of hydrogen-bond donors (Lipinski definition) is 2. The summed E-state index contributed by atoms with van der Waals surface area (Å²) in [5.74, 6) is 0. The predicted molar refractivity (Wildman–Crippen MR) is 117 cm³/mol. The Morgan fingerprint density at radius 3 is 2.48 bits per heavy atom. The first-order valence-corrected chi connectivity index (χ1v) is 11.0. The fraction of sp³-hybridized carbons (Fsp3) is 0.0476. The first-order valence-electron chi connectivity index (χ1n) is 8.72. The minimum atomic E-state index is -3.83. The smallest absolute Gasteiger partial charge is 0.275 e. The first-order chi connectivity index (χ1) is 13.8. The Kier molecular flexibility index (Phi) is 4.97. The molecule has 0 aliphatic heterocycles. The molecule has 29 heavy (non-hydrogen) atoms. The highest BCUT2D eigenvalue weighted by atomic mass is 79.9. The Labute approximate surface area is 175 Å². The van der Waals surface area contributed by atoms with E-state index in [4.69, 9.17) is 0 Å². The molecule has 0 bridgehead atoms. The quantitative estimate of drug-likeness (QED) is 0.461. The maximum absolute atomic E-state index is 12.8. The van der Waals surface area contributed by atoms with Gasteiger partial charge in [-0.1, -0.05) is 45.8 Å². The lowest BCUT2D eigenvalue weighted by Gasteiger charge is -2.13. The number of fused-ring (bicyclic) bond motifs is 1. The maximum atomic E-state index is 12.8. The molecule has 0 atom stereocenters. The second kappa shape index (κ2) is 7.46. The van der Waals surface area contributed by atoms with Gasteiger partial charge in [0.2, 0.25) is 0 Å². The van der Waals surface area contributed by atoms with E-state index in [0.29, 0.717) is 21.1 Å². The lowest BCUT2D eigenvalue weighted by molar-refractivity contribution is 0.601. The largest absolute Gasteiger partial charge is 0.319 e. The highest BCUT2D eigenvalue weighted by Crippen LogP contribution is 2.30. The molecule has 0 radical (unpaired) electrons. The van der Waals surface area contributed by atoms with E-state index in [1.165, 1.54) is 12.1 Å². The summed E-state index contributed by atoms with van der Waals surface area (Å²) in [6.45, 7) is 1.88. The van der Waals surface area contributed by atoms with Gasteiger partial charge in [-0.3, -0.25) is 9.52 Å². The summed E-state index contributed by atoms with van der Waals surface area (Å²) in [6.07, 6.45) is 0. The topological polar surface area (TPSA) is 91.9 Å². The van der Waals surface area contributed by atoms with Crippen LogP contribution in [0.2, 0.25) is 0 Å². The summed E-state index contributed by atoms with van der Waals surface area (Å²) < 4.78 is 29.0. The number of rotatable bonds is 4. The number of para-hydroxylation sites is 2. The molecule has 0 fully saturated rings. The van der Waals surface area contributed by atoms with E-state index in [1.807, 2.05) is 13.0 Å². The number of benzene rings is 3. The maximum Gasteiger partial charge on any atom is 0.275 e. The molecule has 0 aliphatic rings. The summed E-state index contributed by atoms with van der Waals surface area (Å²) in [7, 11) is -3.83. The second-order valence-corrected chi connectivity index (χ2v) is 9.14. The summed E-state index contributed by atoms with van der Waals surface area (Å²) in [5, 5.41) is 0. The van der Waals surface area contributed by atoms with Crippen molar-refractivity contribution in [3.05, 3.63) is 87.1 Å². The number of hydrogen-bond acceptors (Lipinski definition) is 4. The molecule has 1 aromatic heterocycles. The molecular formula is C21H16BrN3O3S. The molecule has 0 saturated carbocycles. The van der Waals surface area contributed by atoms with Crippen molar-refractivity contribution < 1.29 is 8.42 Å².